The first-order chi connectivity index (χ1) is 8.86. The Morgan fingerprint density at radius 2 is 2.32 bits per heavy atom. The van der Waals surface area contributed by atoms with Crippen molar-refractivity contribution in [3.05, 3.63) is 23.4 Å². The van der Waals surface area contributed by atoms with E-state index in [2.05, 4.69) is 4.98 Å². The van der Waals surface area contributed by atoms with Crippen LogP contribution in [0.15, 0.2) is 12.3 Å². The number of nitrogens with zero attached hydrogens (tertiary/aromatic N) is 1. The molecule has 6 heteroatoms. The largest absolute Gasteiger partial charge is 0.469 e. The molecule has 104 valence electrons. The third-order valence-corrected chi connectivity index (χ3v) is 3.16. The van der Waals surface area contributed by atoms with Crippen molar-refractivity contribution >= 4 is 5.97 Å². The zero-order chi connectivity index (χ0) is 14.2. The Hall–Kier alpha value is -1.66. The average molecular weight is 266 g/mol. The summed E-state index contributed by atoms with van der Waals surface area (Å²) in [4.78, 5) is 15.7. The third-order valence-electron chi connectivity index (χ3n) is 3.16. The third kappa shape index (κ3) is 2.41. The Labute approximate surface area is 111 Å². The van der Waals surface area contributed by atoms with E-state index in [1.165, 1.54) is 6.20 Å². The number of aromatic nitrogens is 1. The lowest BCUT2D eigenvalue weighted by Gasteiger charge is -2.39. The lowest BCUT2D eigenvalue weighted by Crippen LogP contribution is -2.51. The Bertz CT molecular complexity index is 501. The van der Waals surface area contributed by atoms with E-state index < -0.39 is 23.7 Å². The number of fused-ring (bicyclic) bond motifs is 1. The van der Waals surface area contributed by atoms with E-state index in [1.54, 1.807) is 26.8 Å². The van der Waals surface area contributed by atoms with Crippen molar-refractivity contribution in [2.75, 3.05) is 6.61 Å². The molecule has 6 nitrogen and oxygen atoms in total. The van der Waals surface area contributed by atoms with E-state index in [-0.39, 0.29) is 6.61 Å². The van der Waals surface area contributed by atoms with Crippen molar-refractivity contribution < 1.29 is 19.4 Å². The molecule has 0 bridgehead atoms. The highest BCUT2D eigenvalue weighted by molar-refractivity contribution is 5.89. The maximum Gasteiger partial charge on any atom is 0.339 e. The monoisotopic (exact) mass is 266 g/mol. The van der Waals surface area contributed by atoms with Crippen LogP contribution >= 0.6 is 0 Å². The Balaban J connectivity index is 2.39. The summed E-state index contributed by atoms with van der Waals surface area (Å²) in [5, 5.41) is 10.1. The Morgan fingerprint density at radius 1 is 1.63 bits per heavy atom. The standard InChI is InChI=1S/C13H18N2O4/c1-4-18-12(17)7-5-8-9(14)10(16)13(2,3)19-11(8)15-6-7/h5-6,9-10,16H,4,14H2,1-3H3/t9-,10+/m1/s1. The highest BCUT2D eigenvalue weighted by atomic mass is 16.5. The van der Waals surface area contributed by atoms with E-state index in [0.717, 1.165) is 0 Å². The van der Waals surface area contributed by atoms with Crippen molar-refractivity contribution in [2.45, 2.75) is 38.5 Å². The highest BCUT2D eigenvalue weighted by Crippen LogP contribution is 2.37. The number of hydrogen-bond donors (Lipinski definition) is 2. The van der Waals surface area contributed by atoms with Gasteiger partial charge in [-0.3, -0.25) is 0 Å². The number of hydrogen-bond acceptors (Lipinski definition) is 6. The van der Waals surface area contributed by atoms with Crippen LogP contribution in [0.3, 0.4) is 0 Å². The van der Waals surface area contributed by atoms with Gasteiger partial charge in [-0.1, -0.05) is 0 Å². The average Bonchev–Trinajstić information content (AvgIpc) is 2.36. The van der Waals surface area contributed by atoms with Gasteiger partial charge in [-0.2, -0.15) is 0 Å². The van der Waals surface area contributed by atoms with E-state index in [0.29, 0.717) is 17.0 Å². The van der Waals surface area contributed by atoms with Gasteiger partial charge in [0.05, 0.1) is 18.2 Å². The highest BCUT2D eigenvalue weighted by Gasteiger charge is 2.42. The lowest BCUT2D eigenvalue weighted by molar-refractivity contribution is -0.0602. The number of carbonyl (C=O) groups excluding carboxylic acids is 1. The summed E-state index contributed by atoms with van der Waals surface area (Å²) in [7, 11) is 0. The summed E-state index contributed by atoms with van der Waals surface area (Å²) in [5.74, 6) is -0.125. The predicted molar refractivity (Wildman–Crippen MR) is 67.8 cm³/mol. The molecule has 19 heavy (non-hydrogen) atoms. The number of ether oxygens (including phenoxy) is 2. The molecule has 1 aliphatic rings. The molecule has 0 fully saturated rings. The Morgan fingerprint density at radius 3 is 2.95 bits per heavy atom. The molecule has 2 atom stereocenters. The van der Waals surface area contributed by atoms with E-state index in [9.17, 15) is 9.90 Å². The van der Waals surface area contributed by atoms with Gasteiger partial charge in [-0.25, -0.2) is 9.78 Å². The van der Waals surface area contributed by atoms with Gasteiger partial charge >= 0.3 is 5.97 Å². The number of aliphatic hydroxyl groups excluding tert-OH is 1. The maximum absolute atomic E-state index is 11.6. The maximum atomic E-state index is 11.6. The van der Waals surface area contributed by atoms with Crippen molar-refractivity contribution in [3.8, 4) is 5.88 Å². The SMILES string of the molecule is CCOC(=O)c1cnc2c(c1)[C@@H](N)[C@H](O)C(C)(C)O2. The molecule has 0 saturated carbocycles. The van der Waals surface area contributed by atoms with Gasteiger partial charge < -0.3 is 20.3 Å². The molecule has 1 aromatic rings. The summed E-state index contributed by atoms with van der Waals surface area (Å²) in [6.45, 7) is 5.49. The van der Waals surface area contributed by atoms with E-state index >= 15 is 0 Å². The number of pyridine rings is 1. The van der Waals surface area contributed by atoms with Gasteiger partial charge in [-0.15, -0.1) is 0 Å². The number of esters is 1. The van der Waals surface area contributed by atoms with Crippen LogP contribution in [0.4, 0.5) is 0 Å². The molecular formula is C13H18N2O4. The molecule has 2 heterocycles. The molecule has 2 rings (SSSR count). The fraction of sp³-hybridized carbons (Fsp3) is 0.538. The van der Waals surface area contributed by atoms with Gasteiger partial charge in [-0.05, 0) is 26.8 Å². The quantitative estimate of drug-likeness (QED) is 0.768. The molecule has 0 saturated heterocycles. The molecule has 1 aromatic heterocycles. The van der Waals surface area contributed by atoms with Crippen LogP contribution in [0.1, 0.15) is 42.7 Å². The minimum atomic E-state index is -0.876. The fourth-order valence-electron chi connectivity index (χ4n) is 2.03. The summed E-state index contributed by atoms with van der Waals surface area (Å²) in [6.07, 6.45) is 0.511. The normalized spacial score (nSPS) is 24.3. The molecule has 0 amide bonds. The van der Waals surface area contributed by atoms with Crippen LogP contribution in [-0.4, -0.2) is 34.4 Å². The fourth-order valence-corrected chi connectivity index (χ4v) is 2.03. The minimum absolute atomic E-state index is 0.286. The second kappa shape index (κ2) is 4.79. The van der Waals surface area contributed by atoms with Crippen LogP contribution in [0, 0.1) is 0 Å². The van der Waals surface area contributed by atoms with Gasteiger partial charge in [0, 0.05) is 11.8 Å². The van der Waals surface area contributed by atoms with E-state index in [4.69, 9.17) is 15.2 Å². The number of aliphatic hydroxyl groups is 1. The van der Waals surface area contributed by atoms with Crippen molar-refractivity contribution in [2.24, 2.45) is 5.73 Å². The van der Waals surface area contributed by atoms with Crippen LogP contribution in [0.2, 0.25) is 0 Å². The van der Waals surface area contributed by atoms with Crippen molar-refractivity contribution in [3.63, 3.8) is 0 Å². The molecule has 0 unspecified atom stereocenters. The second-order valence-corrected chi connectivity index (χ2v) is 5.01. The Kier molecular flexibility index (Phi) is 3.47. The molecule has 0 aliphatic carbocycles. The summed E-state index contributed by atoms with van der Waals surface area (Å²) in [5.41, 5.74) is 5.98. The number of nitrogens with two attached hydrogens (primary N) is 1. The predicted octanol–water partition coefficient (Wildman–Crippen LogP) is 0.790. The summed E-state index contributed by atoms with van der Waals surface area (Å²) < 4.78 is 10.5. The van der Waals surface area contributed by atoms with Gasteiger partial charge in [0.2, 0.25) is 5.88 Å². The first-order valence-electron chi connectivity index (χ1n) is 6.16. The van der Waals surface area contributed by atoms with Crippen molar-refractivity contribution in [1.29, 1.82) is 0 Å². The minimum Gasteiger partial charge on any atom is -0.469 e. The molecule has 1 aliphatic heterocycles. The van der Waals surface area contributed by atoms with Crippen LogP contribution in [-0.2, 0) is 4.74 Å². The van der Waals surface area contributed by atoms with Gasteiger partial charge in [0.15, 0.2) is 0 Å². The number of rotatable bonds is 2. The lowest BCUT2D eigenvalue weighted by atomic mass is 9.88. The zero-order valence-electron chi connectivity index (χ0n) is 11.2. The number of carbonyl (C=O) groups is 1. The van der Waals surface area contributed by atoms with Gasteiger partial charge in [0.1, 0.15) is 11.7 Å². The molecule has 0 spiro atoms. The zero-order valence-corrected chi connectivity index (χ0v) is 11.2. The summed E-state index contributed by atoms with van der Waals surface area (Å²) in [6, 6.07) is 0.907. The smallest absolute Gasteiger partial charge is 0.339 e. The van der Waals surface area contributed by atoms with Crippen molar-refractivity contribution in [1.82, 2.24) is 4.98 Å². The molecule has 0 radical (unpaired) electrons. The second-order valence-electron chi connectivity index (χ2n) is 5.01. The van der Waals surface area contributed by atoms with Gasteiger partial charge in [0.25, 0.3) is 0 Å². The first-order valence-corrected chi connectivity index (χ1v) is 6.16. The molecule has 0 aromatic carbocycles. The molecule has 3 N–H and O–H groups in total. The van der Waals surface area contributed by atoms with Crippen LogP contribution in [0.25, 0.3) is 0 Å². The molecular weight excluding hydrogens is 248 g/mol. The summed E-state index contributed by atoms with van der Waals surface area (Å²) >= 11 is 0. The van der Waals surface area contributed by atoms with Crippen LogP contribution < -0.4 is 10.5 Å². The topological polar surface area (TPSA) is 94.7 Å². The van der Waals surface area contributed by atoms with Crippen LogP contribution in [0.5, 0.6) is 5.88 Å². The first kappa shape index (κ1) is 13.8. The van der Waals surface area contributed by atoms with E-state index in [1.807, 2.05) is 0 Å².